The van der Waals surface area contributed by atoms with E-state index in [2.05, 4.69) is 23.7 Å². The average Bonchev–Trinajstić information content (AvgIpc) is 2.89. The van der Waals surface area contributed by atoms with E-state index in [1.165, 1.54) is 10.9 Å². The van der Waals surface area contributed by atoms with Crippen LogP contribution in [-0.2, 0) is 7.05 Å². The minimum absolute atomic E-state index is 0.658. The second-order valence-electron chi connectivity index (χ2n) is 5.64. The first-order valence-electron chi connectivity index (χ1n) is 7.61. The summed E-state index contributed by atoms with van der Waals surface area (Å²) in [7, 11) is 1.09. The fourth-order valence-corrected chi connectivity index (χ4v) is 3.03. The van der Waals surface area contributed by atoms with E-state index in [-0.39, 0.29) is 0 Å². The number of hydrogen-bond acceptors (Lipinski definition) is 2. The highest BCUT2D eigenvalue weighted by Crippen LogP contribution is 2.30. The largest absolute Gasteiger partial charge is 0.560 e. The second-order valence-corrected chi connectivity index (χ2v) is 5.64. The molecule has 0 saturated carbocycles. The summed E-state index contributed by atoms with van der Waals surface area (Å²) in [6.45, 7) is 0. The van der Waals surface area contributed by atoms with E-state index < -0.39 is 7.12 Å². The smallest absolute Gasteiger partial charge is 0.532 e. The Kier molecular flexibility index (Phi) is 3.32. The van der Waals surface area contributed by atoms with E-state index in [0.717, 1.165) is 16.4 Å². The van der Waals surface area contributed by atoms with Crippen LogP contribution in [0.1, 0.15) is 0 Å². The lowest BCUT2D eigenvalue weighted by Crippen LogP contribution is -2.36. The molecule has 1 heterocycles. The van der Waals surface area contributed by atoms with Gasteiger partial charge in [0, 0.05) is 28.9 Å². The molecule has 0 fully saturated rings. The zero-order valence-corrected chi connectivity index (χ0v) is 12.8. The number of fused-ring (bicyclic) bond motifs is 3. The zero-order chi connectivity index (χ0) is 15.8. The maximum absolute atomic E-state index is 10.2. The predicted molar refractivity (Wildman–Crippen MR) is 95.1 cm³/mol. The molecule has 0 aliphatic heterocycles. The monoisotopic (exact) mass is 301 g/mol. The van der Waals surface area contributed by atoms with E-state index in [4.69, 9.17) is 4.65 Å². The van der Waals surface area contributed by atoms with Crippen molar-refractivity contribution in [3.05, 3.63) is 72.8 Å². The number of aryl methyl sites for hydroxylation is 1. The standard InChI is InChI=1S/C19H16BNO2/c1-21-18-10-6-5-9-16(18)17-13-15(11-12-19(17)21)23-20(22)14-7-3-2-4-8-14/h2-13,22H,1H3. The van der Waals surface area contributed by atoms with Gasteiger partial charge in [-0.25, -0.2) is 0 Å². The first kappa shape index (κ1) is 13.9. The molecule has 3 nitrogen and oxygen atoms in total. The Hall–Kier alpha value is -2.72. The van der Waals surface area contributed by atoms with Crippen LogP contribution in [0.5, 0.6) is 5.75 Å². The zero-order valence-electron chi connectivity index (χ0n) is 12.8. The van der Waals surface area contributed by atoms with Gasteiger partial charge in [0.05, 0.1) is 0 Å². The van der Waals surface area contributed by atoms with Gasteiger partial charge in [-0.2, -0.15) is 0 Å². The molecular weight excluding hydrogens is 285 g/mol. The third kappa shape index (κ3) is 2.37. The van der Waals surface area contributed by atoms with Gasteiger partial charge in [0.25, 0.3) is 0 Å². The van der Waals surface area contributed by atoms with Crippen LogP contribution in [0.2, 0.25) is 0 Å². The van der Waals surface area contributed by atoms with E-state index in [9.17, 15) is 5.02 Å². The van der Waals surface area contributed by atoms with Crippen LogP contribution < -0.4 is 10.1 Å². The van der Waals surface area contributed by atoms with Gasteiger partial charge >= 0.3 is 7.12 Å². The molecule has 4 heteroatoms. The quantitative estimate of drug-likeness (QED) is 0.590. The summed E-state index contributed by atoms with van der Waals surface area (Å²) in [5.41, 5.74) is 3.07. The molecule has 0 bridgehead atoms. The number of aromatic nitrogens is 1. The van der Waals surface area contributed by atoms with Crippen molar-refractivity contribution in [2.45, 2.75) is 0 Å². The van der Waals surface area contributed by atoms with Crippen molar-refractivity contribution in [2.75, 3.05) is 0 Å². The van der Waals surface area contributed by atoms with Crippen LogP contribution in [0.15, 0.2) is 72.8 Å². The van der Waals surface area contributed by atoms with Gasteiger partial charge in [-0.15, -0.1) is 0 Å². The lowest BCUT2D eigenvalue weighted by atomic mass is 9.79. The fourth-order valence-electron chi connectivity index (χ4n) is 3.03. The van der Waals surface area contributed by atoms with Crippen molar-refractivity contribution in [1.82, 2.24) is 4.57 Å². The molecule has 0 unspecified atom stereocenters. The van der Waals surface area contributed by atoms with Crippen LogP contribution in [0, 0.1) is 0 Å². The number of rotatable bonds is 3. The topological polar surface area (TPSA) is 34.4 Å². The molecule has 112 valence electrons. The molecule has 23 heavy (non-hydrogen) atoms. The highest BCUT2D eigenvalue weighted by Gasteiger charge is 2.18. The number of hydrogen-bond donors (Lipinski definition) is 1. The van der Waals surface area contributed by atoms with Crippen LogP contribution in [0.3, 0.4) is 0 Å². The van der Waals surface area contributed by atoms with Crippen molar-refractivity contribution in [3.8, 4) is 5.75 Å². The van der Waals surface area contributed by atoms with Crippen molar-refractivity contribution in [3.63, 3.8) is 0 Å². The lowest BCUT2D eigenvalue weighted by Gasteiger charge is -2.10. The van der Waals surface area contributed by atoms with Gasteiger partial charge in [0.1, 0.15) is 5.75 Å². The van der Waals surface area contributed by atoms with Crippen LogP contribution in [-0.4, -0.2) is 16.7 Å². The highest BCUT2D eigenvalue weighted by molar-refractivity contribution is 6.60. The lowest BCUT2D eigenvalue weighted by molar-refractivity contribution is 0.433. The predicted octanol–water partition coefficient (Wildman–Crippen LogP) is 3.10. The normalized spacial score (nSPS) is 11.0. The van der Waals surface area contributed by atoms with Crippen LogP contribution in [0.4, 0.5) is 0 Å². The Morgan fingerprint density at radius 3 is 2.35 bits per heavy atom. The molecule has 0 atom stereocenters. The maximum Gasteiger partial charge on any atom is 0.560 e. The molecule has 0 radical (unpaired) electrons. The Labute approximate surface area is 134 Å². The third-order valence-electron chi connectivity index (χ3n) is 4.22. The van der Waals surface area contributed by atoms with Gasteiger partial charge in [0.2, 0.25) is 0 Å². The molecule has 4 rings (SSSR count). The maximum atomic E-state index is 10.2. The second kappa shape index (κ2) is 5.49. The number of nitrogens with zero attached hydrogens (tertiary/aromatic N) is 1. The van der Waals surface area contributed by atoms with Gasteiger partial charge in [-0.05, 0) is 29.7 Å². The molecule has 0 aliphatic rings. The molecule has 0 amide bonds. The van der Waals surface area contributed by atoms with Gasteiger partial charge in [-0.1, -0.05) is 48.5 Å². The SMILES string of the molecule is Cn1c2ccccc2c2cc(OB(O)c3ccccc3)ccc21. The third-order valence-corrected chi connectivity index (χ3v) is 4.22. The minimum Gasteiger partial charge on any atom is -0.532 e. The first-order chi connectivity index (χ1) is 11.2. The van der Waals surface area contributed by atoms with Crippen molar-refractivity contribution in [1.29, 1.82) is 0 Å². The molecule has 1 N–H and O–H groups in total. The van der Waals surface area contributed by atoms with Gasteiger partial charge in [0.15, 0.2) is 0 Å². The summed E-state index contributed by atoms with van der Waals surface area (Å²) in [4.78, 5) is 0. The van der Waals surface area contributed by atoms with E-state index in [1.807, 2.05) is 60.7 Å². The van der Waals surface area contributed by atoms with Crippen molar-refractivity contribution < 1.29 is 9.68 Å². The Bertz CT molecular complexity index is 979. The highest BCUT2D eigenvalue weighted by atomic mass is 16.5. The summed E-state index contributed by atoms with van der Waals surface area (Å²) in [5.74, 6) is 0.658. The molecule has 1 aromatic heterocycles. The first-order valence-corrected chi connectivity index (χ1v) is 7.61. The Balaban J connectivity index is 1.76. The summed E-state index contributed by atoms with van der Waals surface area (Å²) in [5, 5.41) is 12.5. The van der Waals surface area contributed by atoms with Crippen molar-refractivity contribution >= 4 is 34.4 Å². The van der Waals surface area contributed by atoms with E-state index >= 15 is 0 Å². The molecular formula is C19H16BNO2. The van der Waals surface area contributed by atoms with Crippen molar-refractivity contribution in [2.24, 2.45) is 7.05 Å². The van der Waals surface area contributed by atoms with Gasteiger partial charge < -0.3 is 14.2 Å². The summed E-state index contributed by atoms with van der Waals surface area (Å²) in [6.07, 6.45) is 0. The van der Waals surface area contributed by atoms with E-state index in [0.29, 0.717) is 5.75 Å². The minimum atomic E-state index is -0.969. The fraction of sp³-hybridized carbons (Fsp3) is 0.0526. The average molecular weight is 301 g/mol. The number of benzene rings is 3. The molecule has 3 aromatic carbocycles. The van der Waals surface area contributed by atoms with Crippen LogP contribution in [0.25, 0.3) is 21.8 Å². The molecule has 4 aromatic rings. The summed E-state index contributed by atoms with van der Waals surface area (Å²) < 4.78 is 7.88. The Morgan fingerprint density at radius 1 is 0.826 bits per heavy atom. The molecule has 0 aliphatic carbocycles. The summed E-state index contributed by atoms with van der Waals surface area (Å²) >= 11 is 0. The summed E-state index contributed by atoms with van der Waals surface area (Å²) in [6, 6.07) is 23.6. The van der Waals surface area contributed by atoms with Crippen LogP contribution >= 0.6 is 0 Å². The molecule has 0 saturated heterocycles. The Morgan fingerprint density at radius 2 is 1.52 bits per heavy atom. The van der Waals surface area contributed by atoms with Gasteiger partial charge in [-0.3, -0.25) is 0 Å². The molecule has 0 spiro atoms. The van der Waals surface area contributed by atoms with E-state index in [1.54, 1.807) is 0 Å². The number of para-hydroxylation sites is 1.